The maximum Gasteiger partial charge on any atom is 0.129 e. The molecule has 0 bridgehead atoms. The van der Waals surface area contributed by atoms with E-state index in [1.165, 1.54) is 16.7 Å². The molecule has 0 aliphatic heterocycles. The summed E-state index contributed by atoms with van der Waals surface area (Å²) in [5, 5.41) is 0. The number of hydrogen-bond donors (Lipinski definition) is 0. The van der Waals surface area contributed by atoms with E-state index in [1.54, 1.807) is 0 Å². The summed E-state index contributed by atoms with van der Waals surface area (Å²) in [6.45, 7) is 7.85. The van der Waals surface area contributed by atoms with Crippen molar-refractivity contribution in [1.29, 1.82) is 0 Å². The van der Waals surface area contributed by atoms with Crippen LogP contribution >= 0.6 is 15.9 Å². The molecule has 0 aromatic heterocycles. The van der Waals surface area contributed by atoms with Gasteiger partial charge >= 0.3 is 0 Å². The van der Waals surface area contributed by atoms with Gasteiger partial charge in [0.15, 0.2) is 0 Å². The molecule has 0 N–H and O–H groups in total. The van der Waals surface area contributed by atoms with Crippen molar-refractivity contribution in [3.05, 3.63) is 69.5 Å². The van der Waals surface area contributed by atoms with Gasteiger partial charge in [0, 0.05) is 0 Å². The van der Waals surface area contributed by atoms with Crippen LogP contribution in [-0.2, 0) is 0 Å². The summed E-state index contributed by atoms with van der Waals surface area (Å²) < 4.78 is 13.7. The summed E-state index contributed by atoms with van der Waals surface area (Å²) in [6, 6.07) is 10.1. The second-order valence-electron chi connectivity index (χ2n) is 5.14. The maximum atomic E-state index is 13.7. The summed E-state index contributed by atoms with van der Waals surface area (Å²) in [5.41, 5.74) is 6.28. The summed E-state index contributed by atoms with van der Waals surface area (Å²) in [4.78, 5) is 0.103. The van der Waals surface area contributed by atoms with Crippen LogP contribution in [0.5, 0.6) is 0 Å². The van der Waals surface area contributed by atoms with E-state index in [4.69, 9.17) is 0 Å². The molecule has 19 heavy (non-hydrogen) atoms. The van der Waals surface area contributed by atoms with Crippen molar-refractivity contribution in [3.8, 4) is 0 Å². The lowest BCUT2D eigenvalue weighted by Crippen LogP contribution is -2.01. The first-order chi connectivity index (χ1) is 8.91. The molecule has 1 atom stereocenters. The van der Waals surface area contributed by atoms with Crippen LogP contribution < -0.4 is 0 Å². The smallest absolute Gasteiger partial charge is 0.129 e. The zero-order valence-corrected chi connectivity index (χ0v) is 13.3. The minimum atomic E-state index is -0.107. The number of hydrogen-bond acceptors (Lipinski definition) is 0. The molecule has 0 aliphatic rings. The molecule has 0 saturated carbocycles. The van der Waals surface area contributed by atoms with Crippen molar-refractivity contribution >= 4 is 15.9 Å². The van der Waals surface area contributed by atoms with Crippen molar-refractivity contribution in [3.63, 3.8) is 0 Å². The van der Waals surface area contributed by atoms with Gasteiger partial charge in [-0.15, -0.1) is 0 Å². The van der Waals surface area contributed by atoms with Gasteiger partial charge in [0.05, 0.1) is 4.83 Å². The van der Waals surface area contributed by atoms with Crippen molar-refractivity contribution in [1.82, 2.24) is 0 Å². The number of aryl methyl sites for hydroxylation is 4. The molecule has 0 aliphatic carbocycles. The fourth-order valence-corrected chi connectivity index (χ4v) is 3.51. The van der Waals surface area contributed by atoms with E-state index in [0.29, 0.717) is 11.1 Å². The predicted octanol–water partition coefficient (Wildman–Crippen LogP) is 5.54. The van der Waals surface area contributed by atoms with E-state index in [0.717, 1.165) is 5.56 Å². The Labute approximate surface area is 122 Å². The maximum absolute atomic E-state index is 13.7. The largest absolute Gasteiger partial charge is 0.206 e. The Morgan fingerprint density at radius 2 is 1.37 bits per heavy atom. The van der Waals surface area contributed by atoms with Crippen LogP contribution in [-0.4, -0.2) is 0 Å². The van der Waals surface area contributed by atoms with Crippen molar-refractivity contribution in [2.45, 2.75) is 32.5 Å². The normalized spacial score (nSPS) is 12.5. The highest BCUT2D eigenvalue weighted by molar-refractivity contribution is 9.09. The monoisotopic (exact) mass is 320 g/mol. The highest BCUT2D eigenvalue weighted by Crippen LogP contribution is 2.36. The van der Waals surface area contributed by atoms with Gasteiger partial charge in [-0.25, -0.2) is 4.39 Å². The molecule has 2 rings (SSSR count). The number of halogens is 2. The van der Waals surface area contributed by atoms with Crippen LogP contribution in [0.25, 0.3) is 0 Å². The van der Waals surface area contributed by atoms with E-state index in [-0.39, 0.29) is 10.6 Å². The predicted molar refractivity (Wildman–Crippen MR) is 82.6 cm³/mol. The standard InChI is InChI=1S/C17H18BrF/c1-10-6-5-7-11(2)15(10)16(18)14-8-12(3)17(19)13(4)9-14/h5-9,16H,1-4H3. The quantitative estimate of drug-likeness (QED) is 0.637. The molecule has 0 fully saturated rings. The molecule has 0 radical (unpaired) electrons. The SMILES string of the molecule is Cc1cc(C(Br)c2c(C)cccc2C)cc(C)c1F. The third-order valence-electron chi connectivity index (χ3n) is 3.55. The van der Waals surface area contributed by atoms with E-state index >= 15 is 0 Å². The van der Waals surface area contributed by atoms with Gasteiger partial charge in [-0.2, -0.15) is 0 Å². The third-order valence-corrected chi connectivity index (χ3v) is 4.53. The highest BCUT2D eigenvalue weighted by atomic mass is 79.9. The number of rotatable bonds is 2. The lowest BCUT2D eigenvalue weighted by Gasteiger charge is -2.18. The summed E-state index contributed by atoms with van der Waals surface area (Å²) in [6.07, 6.45) is 0. The minimum absolute atomic E-state index is 0.103. The average Bonchev–Trinajstić information content (AvgIpc) is 2.35. The molecule has 2 aromatic rings. The first kappa shape index (κ1) is 14.3. The lowest BCUT2D eigenvalue weighted by atomic mass is 9.94. The van der Waals surface area contributed by atoms with Gasteiger partial charge in [-0.05, 0) is 61.1 Å². The molecule has 1 unspecified atom stereocenters. The second kappa shape index (κ2) is 5.46. The molecular weight excluding hydrogens is 303 g/mol. The van der Waals surface area contributed by atoms with Gasteiger partial charge < -0.3 is 0 Å². The Balaban J connectivity index is 2.53. The Bertz CT molecular complexity index is 573. The van der Waals surface area contributed by atoms with E-state index in [1.807, 2.05) is 26.0 Å². The van der Waals surface area contributed by atoms with Gasteiger partial charge in [-0.3, -0.25) is 0 Å². The van der Waals surface area contributed by atoms with Crippen LogP contribution in [0, 0.1) is 33.5 Å². The Morgan fingerprint density at radius 3 is 1.84 bits per heavy atom. The molecular formula is C17H18BrF. The molecule has 0 heterocycles. The first-order valence-corrected chi connectivity index (χ1v) is 7.30. The Hall–Kier alpha value is -1.15. The van der Waals surface area contributed by atoms with Crippen LogP contribution in [0.3, 0.4) is 0 Å². The van der Waals surface area contributed by atoms with E-state index in [2.05, 4.69) is 48.0 Å². The average molecular weight is 321 g/mol. The summed E-state index contributed by atoms with van der Waals surface area (Å²) in [5.74, 6) is -0.107. The first-order valence-electron chi connectivity index (χ1n) is 6.38. The molecule has 0 amide bonds. The van der Waals surface area contributed by atoms with E-state index < -0.39 is 0 Å². The summed E-state index contributed by atoms with van der Waals surface area (Å²) in [7, 11) is 0. The molecule has 100 valence electrons. The van der Waals surface area contributed by atoms with Crippen LogP contribution in [0.15, 0.2) is 30.3 Å². The minimum Gasteiger partial charge on any atom is -0.206 e. The van der Waals surface area contributed by atoms with Crippen molar-refractivity contribution in [2.24, 2.45) is 0 Å². The summed E-state index contributed by atoms with van der Waals surface area (Å²) >= 11 is 3.77. The Morgan fingerprint density at radius 1 is 0.895 bits per heavy atom. The van der Waals surface area contributed by atoms with Gasteiger partial charge in [0.1, 0.15) is 5.82 Å². The molecule has 2 heteroatoms. The zero-order chi connectivity index (χ0) is 14.2. The topological polar surface area (TPSA) is 0 Å². The zero-order valence-electron chi connectivity index (χ0n) is 11.7. The molecule has 0 spiro atoms. The van der Waals surface area contributed by atoms with Crippen LogP contribution in [0.4, 0.5) is 4.39 Å². The van der Waals surface area contributed by atoms with Gasteiger partial charge in [0.2, 0.25) is 0 Å². The van der Waals surface area contributed by atoms with Crippen molar-refractivity contribution in [2.75, 3.05) is 0 Å². The highest BCUT2D eigenvalue weighted by Gasteiger charge is 2.17. The fourth-order valence-electron chi connectivity index (χ4n) is 2.52. The second-order valence-corrected chi connectivity index (χ2v) is 6.05. The van der Waals surface area contributed by atoms with E-state index in [9.17, 15) is 4.39 Å². The van der Waals surface area contributed by atoms with Gasteiger partial charge in [0.25, 0.3) is 0 Å². The molecule has 0 saturated heterocycles. The lowest BCUT2D eigenvalue weighted by molar-refractivity contribution is 0.608. The van der Waals surface area contributed by atoms with Crippen LogP contribution in [0.1, 0.15) is 38.2 Å². The van der Waals surface area contributed by atoms with Crippen LogP contribution in [0.2, 0.25) is 0 Å². The third kappa shape index (κ3) is 2.74. The van der Waals surface area contributed by atoms with Crippen molar-refractivity contribution < 1.29 is 4.39 Å². The number of benzene rings is 2. The fraction of sp³-hybridized carbons (Fsp3) is 0.294. The molecule has 0 nitrogen and oxygen atoms in total. The Kier molecular flexibility index (Phi) is 4.10. The van der Waals surface area contributed by atoms with Gasteiger partial charge in [-0.1, -0.05) is 46.3 Å². The number of alkyl halides is 1. The molecule has 2 aromatic carbocycles.